The average Bonchev–Trinajstić information content (AvgIpc) is 2.94. The first-order valence-corrected chi connectivity index (χ1v) is 15.5. The molecule has 1 N–H and O–H groups in total. The number of nitrogens with one attached hydrogen (secondary N) is 1. The molecule has 0 bridgehead atoms. The van der Waals surface area contributed by atoms with Crippen molar-refractivity contribution in [1.29, 1.82) is 0 Å². The van der Waals surface area contributed by atoms with Crippen molar-refractivity contribution in [1.82, 2.24) is 10.2 Å². The largest absolute Gasteiger partial charge is 0.486 e. The van der Waals surface area contributed by atoms with E-state index in [2.05, 4.69) is 5.32 Å². The van der Waals surface area contributed by atoms with Crippen molar-refractivity contribution in [2.24, 2.45) is 0 Å². The van der Waals surface area contributed by atoms with Crippen LogP contribution in [0.15, 0.2) is 71.6 Å². The van der Waals surface area contributed by atoms with Gasteiger partial charge in [-0.1, -0.05) is 47.5 Å². The van der Waals surface area contributed by atoms with E-state index in [1.54, 1.807) is 55.5 Å². The van der Waals surface area contributed by atoms with Crippen molar-refractivity contribution in [3.05, 3.63) is 82.3 Å². The molecule has 224 valence electrons. The minimum Gasteiger partial charge on any atom is -0.486 e. The zero-order valence-electron chi connectivity index (χ0n) is 23.8. The Hall–Kier alpha value is -3.47. The minimum absolute atomic E-state index is 0.00749. The van der Waals surface area contributed by atoms with Crippen LogP contribution < -0.4 is 19.1 Å². The number of benzene rings is 3. The van der Waals surface area contributed by atoms with Gasteiger partial charge in [0.1, 0.15) is 25.8 Å². The van der Waals surface area contributed by atoms with Crippen LogP contribution in [0.5, 0.6) is 11.5 Å². The fourth-order valence-corrected chi connectivity index (χ4v) is 6.29. The molecule has 3 aromatic carbocycles. The number of hydrogen-bond donors (Lipinski definition) is 1. The smallest absolute Gasteiger partial charge is 0.264 e. The van der Waals surface area contributed by atoms with Crippen LogP contribution in [0.2, 0.25) is 10.0 Å². The molecule has 12 heteroatoms. The molecule has 0 unspecified atom stereocenters. The number of carbonyl (C=O) groups excluding carboxylic acids is 2. The first kappa shape index (κ1) is 31.5. The quantitative estimate of drug-likeness (QED) is 0.343. The average molecular weight is 635 g/mol. The van der Waals surface area contributed by atoms with E-state index in [0.717, 1.165) is 4.31 Å². The van der Waals surface area contributed by atoms with Crippen LogP contribution in [0.25, 0.3) is 0 Å². The van der Waals surface area contributed by atoms with E-state index >= 15 is 0 Å². The predicted octanol–water partition coefficient (Wildman–Crippen LogP) is 5.29. The monoisotopic (exact) mass is 633 g/mol. The lowest BCUT2D eigenvalue weighted by Gasteiger charge is -2.34. The number of nitrogens with zero attached hydrogens (tertiary/aromatic N) is 2. The van der Waals surface area contributed by atoms with Crippen LogP contribution in [0, 0.1) is 0 Å². The van der Waals surface area contributed by atoms with Crippen molar-refractivity contribution in [2.75, 3.05) is 24.1 Å². The van der Waals surface area contributed by atoms with Crippen LogP contribution >= 0.6 is 23.2 Å². The Morgan fingerprint density at radius 2 is 1.55 bits per heavy atom. The SMILES string of the molecule is C[C@@H](C(=O)NC(C)(C)C)N(Cc1c(Cl)cccc1Cl)C(=O)CN(c1ccc2c(c1)OCCO2)S(=O)(=O)c1ccccc1. The van der Waals surface area contributed by atoms with Gasteiger partial charge in [0.15, 0.2) is 11.5 Å². The molecule has 0 aliphatic carbocycles. The second-order valence-corrected chi connectivity index (χ2v) is 13.5. The molecule has 42 heavy (non-hydrogen) atoms. The third-order valence-electron chi connectivity index (χ3n) is 6.48. The van der Waals surface area contributed by atoms with E-state index in [4.69, 9.17) is 32.7 Å². The molecule has 0 saturated carbocycles. The maximum atomic E-state index is 14.1. The lowest BCUT2D eigenvalue weighted by Crippen LogP contribution is -2.54. The molecule has 0 saturated heterocycles. The number of ether oxygens (including phenoxy) is 2. The molecular formula is C30H33Cl2N3O6S. The predicted molar refractivity (Wildman–Crippen MR) is 163 cm³/mol. The van der Waals surface area contributed by atoms with Crippen LogP contribution in [0.1, 0.15) is 33.3 Å². The Bertz CT molecular complexity index is 1540. The molecule has 9 nitrogen and oxygen atoms in total. The Kier molecular flexibility index (Phi) is 9.60. The Morgan fingerprint density at radius 1 is 0.929 bits per heavy atom. The highest BCUT2D eigenvalue weighted by Crippen LogP contribution is 2.36. The Morgan fingerprint density at radius 3 is 2.17 bits per heavy atom. The molecule has 0 aromatic heterocycles. The molecule has 1 heterocycles. The molecule has 1 aliphatic rings. The molecule has 0 radical (unpaired) electrons. The zero-order chi connectivity index (χ0) is 30.7. The third kappa shape index (κ3) is 7.29. The van der Waals surface area contributed by atoms with Crippen molar-refractivity contribution in [3.63, 3.8) is 0 Å². The molecule has 4 rings (SSSR count). The second-order valence-electron chi connectivity index (χ2n) is 10.8. The highest BCUT2D eigenvalue weighted by atomic mass is 35.5. The summed E-state index contributed by atoms with van der Waals surface area (Å²) >= 11 is 12.9. The molecule has 0 spiro atoms. The lowest BCUT2D eigenvalue weighted by molar-refractivity contribution is -0.140. The van der Waals surface area contributed by atoms with Gasteiger partial charge in [-0.3, -0.25) is 13.9 Å². The van der Waals surface area contributed by atoms with Gasteiger partial charge in [0, 0.05) is 33.8 Å². The summed E-state index contributed by atoms with van der Waals surface area (Å²) in [5.74, 6) is -0.235. The summed E-state index contributed by atoms with van der Waals surface area (Å²) in [6.07, 6.45) is 0. The number of carbonyl (C=O) groups is 2. The number of fused-ring (bicyclic) bond motifs is 1. The number of halogens is 2. The van der Waals surface area contributed by atoms with Gasteiger partial charge < -0.3 is 19.7 Å². The van der Waals surface area contributed by atoms with E-state index in [-0.39, 0.29) is 17.1 Å². The van der Waals surface area contributed by atoms with Crippen LogP contribution in [-0.4, -0.2) is 56.5 Å². The van der Waals surface area contributed by atoms with Crippen molar-refractivity contribution in [2.45, 2.75) is 50.7 Å². The molecule has 2 amide bonds. The topological polar surface area (TPSA) is 105 Å². The number of anilines is 1. The minimum atomic E-state index is -4.24. The van der Waals surface area contributed by atoms with E-state index in [9.17, 15) is 18.0 Å². The molecule has 0 fully saturated rings. The molecule has 1 atom stereocenters. The maximum Gasteiger partial charge on any atom is 0.264 e. The first-order chi connectivity index (χ1) is 19.8. The van der Waals surface area contributed by atoms with E-state index in [1.165, 1.54) is 23.1 Å². The van der Waals surface area contributed by atoms with Gasteiger partial charge >= 0.3 is 0 Å². The summed E-state index contributed by atoms with van der Waals surface area (Å²) in [6, 6.07) is 16.4. The van der Waals surface area contributed by atoms with Crippen LogP contribution in [-0.2, 0) is 26.2 Å². The Labute approximate surface area is 256 Å². The van der Waals surface area contributed by atoms with Gasteiger partial charge in [-0.05, 0) is 64.1 Å². The highest BCUT2D eigenvalue weighted by molar-refractivity contribution is 7.92. The number of sulfonamides is 1. The number of amides is 2. The van der Waals surface area contributed by atoms with Gasteiger partial charge in [-0.2, -0.15) is 0 Å². The molecule has 1 aliphatic heterocycles. The Balaban J connectivity index is 1.77. The van der Waals surface area contributed by atoms with Gasteiger partial charge in [-0.25, -0.2) is 8.42 Å². The molecule has 3 aromatic rings. The standard InChI is InChI=1S/C30H33Cl2N3O6S/c1-20(29(37)33-30(2,3)4)34(18-23-24(31)11-8-12-25(23)32)28(36)19-35(42(38,39)22-9-6-5-7-10-22)21-13-14-26-27(17-21)41-16-15-40-26/h5-14,17,20H,15-16,18-19H2,1-4H3,(H,33,37)/t20-/m0/s1. The lowest BCUT2D eigenvalue weighted by atomic mass is 10.1. The summed E-state index contributed by atoms with van der Waals surface area (Å²) in [5, 5.41) is 3.50. The highest BCUT2D eigenvalue weighted by Gasteiger charge is 2.34. The van der Waals surface area contributed by atoms with Crippen molar-refractivity contribution >= 4 is 50.7 Å². The normalized spacial score (nSPS) is 13.7. The van der Waals surface area contributed by atoms with Crippen molar-refractivity contribution in [3.8, 4) is 11.5 Å². The van der Waals surface area contributed by atoms with E-state index in [1.807, 2.05) is 20.8 Å². The second kappa shape index (κ2) is 12.8. The number of rotatable bonds is 9. The van der Waals surface area contributed by atoms with Gasteiger partial charge in [-0.15, -0.1) is 0 Å². The van der Waals surface area contributed by atoms with Gasteiger partial charge in [0.05, 0.1) is 10.6 Å². The van der Waals surface area contributed by atoms with E-state index < -0.39 is 40.0 Å². The summed E-state index contributed by atoms with van der Waals surface area (Å²) in [7, 11) is -4.24. The summed E-state index contributed by atoms with van der Waals surface area (Å²) in [5.41, 5.74) is 0.0519. The summed E-state index contributed by atoms with van der Waals surface area (Å²) in [4.78, 5) is 28.7. The third-order valence-corrected chi connectivity index (χ3v) is 8.98. The molecular weight excluding hydrogens is 601 g/mol. The first-order valence-electron chi connectivity index (χ1n) is 13.3. The maximum absolute atomic E-state index is 14.1. The summed E-state index contributed by atoms with van der Waals surface area (Å²) < 4.78 is 40.2. The van der Waals surface area contributed by atoms with Gasteiger partial charge in [0.25, 0.3) is 10.0 Å². The summed E-state index contributed by atoms with van der Waals surface area (Å²) in [6.45, 7) is 6.96. The van der Waals surface area contributed by atoms with Crippen molar-refractivity contribution < 1.29 is 27.5 Å². The number of hydrogen-bond acceptors (Lipinski definition) is 6. The van der Waals surface area contributed by atoms with Crippen LogP contribution in [0.4, 0.5) is 5.69 Å². The van der Waals surface area contributed by atoms with E-state index in [0.29, 0.717) is 40.3 Å². The van der Waals surface area contributed by atoms with Gasteiger partial charge in [0.2, 0.25) is 11.8 Å². The van der Waals surface area contributed by atoms with Crippen LogP contribution in [0.3, 0.4) is 0 Å². The fraction of sp³-hybridized carbons (Fsp3) is 0.333. The fourth-order valence-electron chi connectivity index (χ4n) is 4.35. The zero-order valence-corrected chi connectivity index (χ0v) is 26.1.